The molecule has 0 atom stereocenters. The summed E-state index contributed by atoms with van der Waals surface area (Å²) in [6.07, 6.45) is 0. The zero-order valence-electron chi connectivity index (χ0n) is 27.4. The van der Waals surface area contributed by atoms with Gasteiger partial charge in [0.1, 0.15) is 23.7 Å². The van der Waals surface area contributed by atoms with Gasteiger partial charge in [-0.3, -0.25) is 29.5 Å². The molecule has 2 aliphatic rings. The molecule has 51 heavy (non-hydrogen) atoms. The average Bonchev–Trinajstić information content (AvgIpc) is 3.13. The molecule has 0 unspecified atom stereocenters. The number of rotatable bonds is 10. The van der Waals surface area contributed by atoms with Gasteiger partial charge in [-0.2, -0.15) is 10.3 Å². The molecule has 0 spiro atoms. The van der Waals surface area contributed by atoms with Crippen molar-refractivity contribution in [3.8, 4) is 40.6 Å². The number of carbonyl (C=O) groups is 3. The van der Waals surface area contributed by atoms with E-state index >= 15 is 0 Å². The van der Waals surface area contributed by atoms with Crippen molar-refractivity contribution in [2.45, 2.75) is 0 Å². The molecule has 2 heterocycles. The lowest BCUT2D eigenvalue weighted by molar-refractivity contribution is -0.119. The van der Waals surface area contributed by atoms with Gasteiger partial charge in [-0.05, 0) is 48.5 Å². The van der Waals surface area contributed by atoms with E-state index in [0.717, 1.165) is 0 Å². The van der Waals surface area contributed by atoms with Crippen molar-refractivity contribution in [3.05, 3.63) is 119 Å². The quantitative estimate of drug-likeness (QED) is 0.204. The average molecular weight is 688 g/mol. The van der Waals surface area contributed by atoms with Crippen LogP contribution in [0.25, 0.3) is 0 Å². The predicted octanol–water partition coefficient (Wildman–Crippen LogP) is 4.25. The van der Waals surface area contributed by atoms with Crippen molar-refractivity contribution in [2.24, 2.45) is 9.98 Å². The molecule has 3 amide bonds. The van der Waals surface area contributed by atoms with Gasteiger partial charge in [0.15, 0.2) is 28.8 Å². The van der Waals surface area contributed by atoms with E-state index in [2.05, 4.69) is 32.2 Å². The number of amidine groups is 2. The third kappa shape index (κ3) is 7.77. The summed E-state index contributed by atoms with van der Waals surface area (Å²) < 4.78 is 24.7. The lowest BCUT2D eigenvalue weighted by Crippen LogP contribution is -2.48. The Labute approximate surface area is 291 Å². The normalized spacial score (nSPS) is 13.3. The molecule has 0 fully saturated rings. The number of nitriles is 1. The summed E-state index contributed by atoms with van der Waals surface area (Å²) in [5.74, 6) is -0.659. The predicted molar refractivity (Wildman–Crippen MR) is 182 cm³/mol. The van der Waals surface area contributed by atoms with Gasteiger partial charge < -0.3 is 29.2 Å². The second-order valence-electron chi connectivity index (χ2n) is 10.9. The van der Waals surface area contributed by atoms with Crippen LogP contribution < -0.4 is 35.1 Å². The maximum Gasteiger partial charge on any atom is 0.304 e. The number of aliphatic imine (C=N–C) groups is 2. The molecule has 6 rings (SSSR count). The van der Waals surface area contributed by atoms with Gasteiger partial charge in [-0.25, -0.2) is 5.48 Å². The summed E-state index contributed by atoms with van der Waals surface area (Å²) in [6, 6.07) is 26.8. The largest absolute Gasteiger partial charge is 0.453 e. The minimum atomic E-state index is -0.687. The number of amides is 3. The first-order valence-corrected chi connectivity index (χ1v) is 15.3. The highest BCUT2D eigenvalue weighted by atomic mass is 16.6. The topological polar surface area (TPSA) is 185 Å². The molecule has 0 aromatic heterocycles. The van der Waals surface area contributed by atoms with Crippen molar-refractivity contribution >= 4 is 29.6 Å². The van der Waals surface area contributed by atoms with Crippen LogP contribution in [-0.4, -0.2) is 62.2 Å². The molecule has 256 valence electrons. The van der Waals surface area contributed by atoms with Gasteiger partial charge >= 0.3 is 6.02 Å². The second kappa shape index (κ2) is 14.9. The molecule has 15 heteroatoms. The number of nitrogens with zero attached hydrogens (tertiary/aromatic N) is 4. The zero-order valence-corrected chi connectivity index (χ0v) is 27.4. The first-order valence-electron chi connectivity index (χ1n) is 15.3. The number of fused-ring (bicyclic) bond motifs is 1. The van der Waals surface area contributed by atoms with Crippen LogP contribution in [0.15, 0.2) is 113 Å². The minimum Gasteiger partial charge on any atom is -0.453 e. The van der Waals surface area contributed by atoms with Crippen LogP contribution in [0.4, 0.5) is 0 Å². The standard InChI is InChI=1S/C36H29N7O8/c1-43(2)35(46)25-17-22(33(45)42-47-3)18-28(31(25)49-24-12-8-5-9-13-24)50-34-30-32(38-20-29(44)39-30)40-36(41-34)51-27-16-21(19-37)14-15-26(27)48-23-10-6-4-7-11-23/h4-18H,20H2,1-3H3,(H,39,44)(H,42,45)(H,38,40,41). The maximum absolute atomic E-state index is 13.5. The fraction of sp³-hybridized carbons (Fsp3) is 0.111. The van der Waals surface area contributed by atoms with Crippen LogP contribution in [-0.2, 0) is 9.63 Å². The number of ether oxygens (including phenoxy) is 4. The number of hydrogen-bond acceptors (Lipinski definition) is 12. The van der Waals surface area contributed by atoms with Gasteiger partial charge in [-0.1, -0.05) is 36.4 Å². The Hall–Kier alpha value is -7.18. The molecule has 4 aromatic carbocycles. The molecule has 2 aliphatic heterocycles. The SMILES string of the molecule is CONC(=O)c1cc(OC2=C3NC(=O)CN=C3NC(Oc3cc(C#N)ccc3Oc3ccccc3)=N2)c(Oc2ccccc2)c(C(=O)N(C)C)c1. The Morgan fingerprint density at radius 2 is 1.55 bits per heavy atom. The molecule has 0 radical (unpaired) electrons. The van der Waals surface area contributed by atoms with Crippen molar-refractivity contribution in [2.75, 3.05) is 27.7 Å². The fourth-order valence-corrected chi connectivity index (χ4v) is 4.76. The van der Waals surface area contributed by atoms with Crippen LogP contribution in [0.5, 0.6) is 34.5 Å². The first kappa shape index (κ1) is 33.7. The molecule has 0 bridgehead atoms. The van der Waals surface area contributed by atoms with Crippen molar-refractivity contribution in [1.82, 2.24) is 21.0 Å². The highest BCUT2D eigenvalue weighted by Gasteiger charge is 2.32. The Morgan fingerprint density at radius 1 is 0.843 bits per heavy atom. The number of hydroxylamine groups is 1. The van der Waals surface area contributed by atoms with Crippen molar-refractivity contribution < 1.29 is 38.2 Å². The third-order valence-electron chi connectivity index (χ3n) is 7.09. The van der Waals surface area contributed by atoms with E-state index in [-0.39, 0.29) is 69.7 Å². The Bertz CT molecular complexity index is 2140. The second-order valence-corrected chi connectivity index (χ2v) is 10.9. The van der Waals surface area contributed by atoms with Gasteiger partial charge in [0.25, 0.3) is 17.7 Å². The van der Waals surface area contributed by atoms with Crippen LogP contribution in [0.1, 0.15) is 26.3 Å². The van der Waals surface area contributed by atoms with Gasteiger partial charge in [0.2, 0.25) is 5.91 Å². The van der Waals surface area contributed by atoms with E-state index in [4.69, 9.17) is 23.8 Å². The molecular weight excluding hydrogens is 658 g/mol. The van der Waals surface area contributed by atoms with Gasteiger partial charge in [-0.15, -0.1) is 0 Å². The van der Waals surface area contributed by atoms with Crippen molar-refractivity contribution in [1.29, 1.82) is 5.26 Å². The van der Waals surface area contributed by atoms with E-state index in [9.17, 15) is 19.6 Å². The van der Waals surface area contributed by atoms with Crippen LogP contribution in [0.2, 0.25) is 0 Å². The van der Waals surface area contributed by atoms with E-state index in [1.54, 1.807) is 80.8 Å². The Kier molecular flexibility index (Phi) is 9.87. The van der Waals surface area contributed by atoms with Gasteiger partial charge in [0.05, 0.1) is 24.3 Å². The molecule has 3 N–H and O–H groups in total. The summed E-state index contributed by atoms with van der Waals surface area (Å²) in [7, 11) is 4.35. The van der Waals surface area contributed by atoms with Crippen LogP contribution in [0, 0.1) is 11.3 Å². The maximum atomic E-state index is 13.5. The highest BCUT2D eigenvalue weighted by molar-refractivity contribution is 6.13. The van der Waals surface area contributed by atoms with Gasteiger partial charge in [0, 0.05) is 25.7 Å². The summed E-state index contributed by atoms with van der Waals surface area (Å²) in [4.78, 5) is 54.0. The fourth-order valence-electron chi connectivity index (χ4n) is 4.76. The number of para-hydroxylation sites is 2. The molecule has 0 saturated heterocycles. The molecule has 4 aromatic rings. The minimum absolute atomic E-state index is 0.0185. The van der Waals surface area contributed by atoms with E-state index in [0.29, 0.717) is 11.5 Å². The summed E-state index contributed by atoms with van der Waals surface area (Å²) in [5, 5.41) is 15.2. The van der Waals surface area contributed by atoms with Crippen molar-refractivity contribution in [3.63, 3.8) is 0 Å². The van der Waals surface area contributed by atoms with E-state index in [1.165, 1.54) is 30.2 Å². The molecule has 15 nitrogen and oxygen atoms in total. The van der Waals surface area contributed by atoms with E-state index < -0.39 is 17.7 Å². The summed E-state index contributed by atoms with van der Waals surface area (Å²) >= 11 is 0. The summed E-state index contributed by atoms with van der Waals surface area (Å²) in [6.45, 7) is -0.213. The lowest BCUT2D eigenvalue weighted by Gasteiger charge is -2.26. The third-order valence-corrected chi connectivity index (χ3v) is 7.09. The molecule has 0 saturated carbocycles. The first-order chi connectivity index (χ1) is 24.7. The van der Waals surface area contributed by atoms with Crippen LogP contribution in [0.3, 0.4) is 0 Å². The molecular formula is C36H29N7O8. The smallest absolute Gasteiger partial charge is 0.304 e. The number of nitrogens with one attached hydrogen (secondary N) is 3. The Morgan fingerprint density at radius 3 is 2.22 bits per heavy atom. The van der Waals surface area contributed by atoms with Crippen LogP contribution >= 0.6 is 0 Å². The lowest BCUT2D eigenvalue weighted by atomic mass is 10.1. The van der Waals surface area contributed by atoms with E-state index in [1.807, 2.05) is 6.07 Å². The number of carbonyl (C=O) groups excluding carboxylic acids is 3. The highest BCUT2D eigenvalue weighted by Crippen LogP contribution is 2.39. The summed E-state index contributed by atoms with van der Waals surface area (Å²) in [5.41, 5.74) is 2.51. The monoisotopic (exact) mass is 687 g/mol. The number of benzene rings is 4. The Balaban J connectivity index is 1.47. The zero-order chi connectivity index (χ0) is 35.9. The molecule has 0 aliphatic carbocycles. The number of hydrogen-bond donors (Lipinski definition) is 3.